The summed E-state index contributed by atoms with van der Waals surface area (Å²) < 4.78 is 2.11. The minimum atomic E-state index is 0.0666. The normalized spacial score (nSPS) is 10.7. The van der Waals surface area contributed by atoms with Crippen LogP contribution in [0.1, 0.15) is 33.0 Å². The fourth-order valence-corrected chi connectivity index (χ4v) is 2.82. The second-order valence-corrected chi connectivity index (χ2v) is 5.75. The van der Waals surface area contributed by atoms with Gasteiger partial charge in [-0.3, -0.25) is 14.8 Å². The highest BCUT2D eigenvalue weighted by Crippen LogP contribution is 2.22. The summed E-state index contributed by atoms with van der Waals surface area (Å²) in [6.07, 6.45) is 5.12. The van der Waals surface area contributed by atoms with Crippen molar-refractivity contribution < 1.29 is 4.79 Å². The molecule has 0 saturated heterocycles. The first kappa shape index (κ1) is 15.2. The minimum Gasteiger partial charge on any atom is -0.318 e. The van der Waals surface area contributed by atoms with Gasteiger partial charge in [-0.1, -0.05) is 17.7 Å². The third-order valence-corrected chi connectivity index (χ3v) is 3.98. The molecule has 2 aromatic heterocycles. The number of aromatic nitrogens is 3. The first-order valence-corrected chi connectivity index (χ1v) is 7.60. The fourth-order valence-electron chi connectivity index (χ4n) is 2.82. The Morgan fingerprint density at radius 3 is 2.48 bits per heavy atom. The van der Waals surface area contributed by atoms with E-state index < -0.39 is 0 Å². The molecule has 1 aromatic carbocycles. The summed E-state index contributed by atoms with van der Waals surface area (Å²) in [5, 5.41) is 0. The van der Waals surface area contributed by atoms with Crippen LogP contribution in [0.4, 0.5) is 0 Å². The quantitative estimate of drug-likeness (QED) is 0.692. The zero-order valence-electron chi connectivity index (χ0n) is 13.6. The molecule has 116 valence electrons. The third-order valence-electron chi connectivity index (χ3n) is 3.98. The molecular formula is C19H19N3O. The topological polar surface area (TPSA) is 47.8 Å². The maximum Gasteiger partial charge on any atom is 0.170 e. The molecule has 0 saturated carbocycles. The van der Waals surface area contributed by atoms with Gasteiger partial charge in [0, 0.05) is 41.2 Å². The van der Waals surface area contributed by atoms with Crippen LogP contribution in [-0.2, 0) is 6.42 Å². The summed E-state index contributed by atoms with van der Waals surface area (Å²) >= 11 is 0. The van der Waals surface area contributed by atoms with E-state index in [-0.39, 0.29) is 12.2 Å². The smallest absolute Gasteiger partial charge is 0.170 e. The van der Waals surface area contributed by atoms with Gasteiger partial charge in [0.05, 0.1) is 12.1 Å². The maximum atomic E-state index is 12.6. The lowest BCUT2D eigenvalue weighted by Gasteiger charge is -2.10. The largest absolute Gasteiger partial charge is 0.318 e. The van der Waals surface area contributed by atoms with Crippen molar-refractivity contribution in [2.24, 2.45) is 0 Å². The molecule has 0 spiro atoms. The molecule has 0 N–H and O–H groups in total. The Labute approximate surface area is 135 Å². The van der Waals surface area contributed by atoms with Crippen molar-refractivity contribution >= 4 is 5.78 Å². The van der Waals surface area contributed by atoms with Crippen molar-refractivity contribution in [3.63, 3.8) is 0 Å². The zero-order chi connectivity index (χ0) is 16.4. The monoisotopic (exact) mass is 305 g/mol. The van der Waals surface area contributed by atoms with Crippen LogP contribution in [0, 0.1) is 20.8 Å². The van der Waals surface area contributed by atoms with Gasteiger partial charge in [0.15, 0.2) is 5.78 Å². The molecule has 3 aromatic rings. The molecule has 0 aliphatic heterocycles. The summed E-state index contributed by atoms with van der Waals surface area (Å²) in [6.45, 7) is 6.07. The van der Waals surface area contributed by atoms with E-state index >= 15 is 0 Å². The fraction of sp³-hybridized carbons (Fsp3) is 0.211. The number of aryl methyl sites for hydroxylation is 2. The van der Waals surface area contributed by atoms with Crippen molar-refractivity contribution in [1.29, 1.82) is 0 Å². The molecule has 0 fully saturated rings. The van der Waals surface area contributed by atoms with Crippen LogP contribution in [-0.4, -0.2) is 20.3 Å². The Bertz CT molecular complexity index is 833. The molecule has 3 rings (SSSR count). The first-order chi connectivity index (χ1) is 11.1. The summed E-state index contributed by atoms with van der Waals surface area (Å²) in [7, 11) is 0. The van der Waals surface area contributed by atoms with Crippen LogP contribution in [0.2, 0.25) is 0 Å². The highest BCUT2D eigenvalue weighted by atomic mass is 16.1. The number of nitrogens with zero attached hydrogens (tertiary/aromatic N) is 3. The zero-order valence-corrected chi connectivity index (χ0v) is 13.6. The first-order valence-electron chi connectivity index (χ1n) is 7.60. The number of Topliss-reactive ketones (excluding diaryl/α,β-unsaturated/α-hetero) is 1. The number of carbonyl (C=O) groups excluding carboxylic acids is 1. The molecule has 2 heterocycles. The Morgan fingerprint density at radius 1 is 1.09 bits per heavy atom. The van der Waals surface area contributed by atoms with Crippen LogP contribution in [0.5, 0.6) is 0 Å². The minimum absolute atomic E-state index is 0.0666. The molecule has 0 radical (unpaired) electrons. The molecule has 0 unspecified atom stereocenters. The Kier molecular flexibility index (Phi) is 4.06. The highest BCUT2D eigenvalue weighted by Gasteiger charge is 2.17. The second-order valence-electron chi connectivity index (χ2n) is 5.75. The second kappa shape index (κ2) is 6.16. The molecule has 0 aliphatic rings. The summed E-state index contributed by atoms with van der Waals surface area (Å²) in [5.41, 5.74) is 5.74. The van der Waals surface area contributed by atoms with Gasteiger partial charge in [-0.15, -0.1) is 0 Å². The lowest BCUT2D eigenvalue weighted by atomic mass is 10.1. The molecular weight excluding hydrogens is 286 g/mol. The van der Waals surface area contributed by atoms with Crippen LogP contribution in [0.3, 0.4) is 0 Å². The van der Waals surface area contributed by atoms with Gasteiger partial charge < -0.3 is 4.57 Å². The van der Waals surface area contributed by atoms with E-state index in [4.69, 9.17) is 0 Å². The average Bonchev–Trinajstić information content (AvgIpc) is 2.84. The molecule has 4 nitrogen and oxygen atoms in total. The molecule has 0 bridgehead atoms. The van der Waals surface area contributed by atoms with Crippen LogP contribution in [0.15, 0.2) is 48.9 Å². The number of hydrogen-bond acceptors (Lipinski definition) is 3. The molecule has 4 heteroatoms. The van der Waals surface area contributed by atoms with E-state index in [0.29, 0.717) is 5.69 Å². The van der Waals surface area contributed by atoms with Gasteiger partial charge in [0.2, 0.25) is 0 Å². The maximum absolute atomic E-state index is 12.6. The van der Waals surface area contributed by atoms with Gasteiger partial charge in [-0.05, 0) is 39.0 Å². The summed E-state index contributed by atoms with van der Waals surface area (Å²) in [6, 6.07) is 10.3. The number of rotatable bonds is 4. The van der Waals surface area contributed by atoms with Gasteiger partial charge in [0.1, 0.15) is 0 Å². The number of ketones is 1. The molecule has 23 heavy (non-hydrogen) atoms. The number of hydrogen-bond donors (Lipinski definition) is 0. The Balaban J connectivity index is 1.94. The van der Waals surface area contributed by atoms with E-state index in [9.17, 15) is 4.79 Å². The van der Waals surface area contributed by atoms with Gasteiger partial charge in [-0.25, -0.2) is 0 Å². The van der Waals surface area contributed by atoms with Gasteiger partial charge in [-0.2, -0.15) is 0 Å². The van der Waals surface area contributed by atoms with E-state index in [1.807, 2.05) is 19.9 Å². The van der Waals surface area contributed by atoms with E-state index in [1.54, 1.807) is 18.6 Å². The number of benzene rings is 1. The van der Waals surface area contributed by atoms with Crippen molar-refractivity contribution in [2.75, 3.05) is 0 Å². The van der Waals surface area contributed by atoms with Crippen molar-refractivity contribution in [1.82, 2.24) is 14.5 Å². The molecule has 0 amide bonds. The lowest BCUT2D eigenvalue weighted by molar-refractivity contribution is 0.0991. The van der Waals surface area contributed by atoms with Crippen molar-refractivity contribution in [3.05, 3.63) is 77.1 Å². The van der Waals surface area contributed by atoms with Gasteiger partial charge in [0.25, 0.3) is 0 Å². The van der Waals surface area contributed by atoms with Crippen LogP contribution in [0.25, 0.3) is 5.69 Å². The predicted molar refractivity (Wildman–Crippen MR) is 90.0 cm³/mol. The van der Waals surface area contributed by atoms with Gasteiger partial charge >= 0.3 is 0 Å². The Hall–Kier alpha value is -2.75. The standard InChI is InChI=1S/C19H19N3O/c1-13-4-6-17(7-5-13)22-14(2)10-18(15(22)3)19(23)11-16-12-20-8-9-21-16/h4-10,12H,11H2,1-3H3. The number of carbonyl (C=O) groups is 1. The Morgan fingerprint density at radius 2 is 1.83 bits per heavy atom. The molecule has 0 atom stereocenters. The summed E-state index contributed by atoms with van der Waals surface area (Å²) in [4.78, 5) is 20.8. The average molecular weight is 305 g/mol. The lowest BCUT2D eigenvalue weighted by Crippen LogP contribution is -2.07. The van der Waals surface area contributed by atoms with Crippen LogP contribution < -0.4 is 0 Å². The van der Waals surface area contributed by atoms with Crippen molar-refractivity contribution in [2.45, 2.75) is 27.2 Å². The summed E-state index contributed by atoms with van der Waals surface area (Å²) in [5.74, 6) is 0.0666. The van der Waals surface area contributed by atoms with E-state index in [2.05, 4.69) is 45.7 Å². The SMILES string of the molecule is Cc1ccc(-n2c(C)cc(C(=O)Cc3cnccn3)c2C)cc1. The van der Waals surface area contributed by atoms with Crippen molar-refractivity contribution in [3.8, 4) is 5.69 Å². The highest BCUT2D eigenvalue weighted by molar-refractivity contribution is 5.98. The predicted octanol–water partition coefficient (Wildman–Crippen LogP) is 3.62. The van der Waals surface area contributed by atoms with Crippen LogP contribution >= 0.6 is 0 Å². The third kappa shape index (κ3) is 3.06. The molecule has 0 aliphatic carbocycles. The van der Waals surface area contributed by atoms with E-state index in [0.717, 1.165) is 22.6 Å². The van der Waals surface area contributed by atoms with E-state index in [1.165, 1.54) is 5.56 Å².